The molecule has 1 heterocycles. The Kier molecular flexibility index (Phi) is 2.81. The molecule has 0 unspecified atom stereocenters. The summed E-state index contributed by atoms with van der Waals surface area (Å²) in [5.74, 6) is 0.807. The van der Waals surface area contributed by atoms with Crippen LogP contribution in [-0.2, 0) is 6.42 Å². The zero-order valence-electron chi connectivity index (χ0n) is 9.24. The molecule has 1 aromatic carbocycles. The first-order valence-corrected chi connectivity index (χ1v) is 5.00. The van der Waals surface area contributed by atoms with Crippen LogP contribution in [0.25, 0.3) is 0 Å². The molecule has 0 saturated heterocycles. The van der Waals surface area contributed by atoms with E-state index < -0.39 is 0 Å². The van der Waals surface area contributed by atoms with Crippen molar-refractivity contribution in [1.82, 2.24) is 5.16 Å². The third-order valence-corrected chi connectivity index (χ3v) is 2.54. The second kappa shape index (κ2) is 4.26. The van der Waals surface area contributed by atoms with Crippen LogP contribution in [0, 0.1) is 6.92 Å². The lowest BCUT2D eigenvalue weighted by Gasteiger charge is -2.01. The molecule has 0 atom stereocenters. The standard InChI is InChI=1S/C12H13NO3/c1-8-11(12(14)16-13-8)7-9-3-5-10(15-2)6-4-9/h3-6,13H,7H2,1-2H3. The van der Waals surface area contributed by atoms with Gasteiger partial charge >= 0.3 is 5.63 Å². The van der Waals surface area contributed by atoms with Crippen LogP contribution in [0.4, 0.5) is 0 Å². The van der Waals surface area contributed by atoms with Gasteiger partial charge in [0.15, 0.2) is 0 Å². The average molecular weight is 219 g/mol. The van der Waals surface area contributed by atoms with Crippen LogP contribution in [-0.4, -0.2) is 12.3 Å². The Morgan fingerprint density at radius 1 is 1.31 bits per heavy atom. The third kappa shape index (κ3) is 2.00. The maximum atomic E-state index is 11.3. The van der Waals surface area contributed by atoms with E-state index in [-0.39, 0.29) is 5.63 Å². The monoisotopic (exact) mass is 219 g/mol. The minimum absolute atomic E-state index is 0.298. The molecule has 84 valence electrons. The number of hydrogen-bond acceptors (Lipinski definition) is 3. The van der Waals surface area contributed by atoms with Crippen molar-refractivity contribution in [2.45, 2.75) is 13.3 Å². The first-order valence-electron chi connectivity index (χ1n) is 5.00. The lowest BCUT2D eigenvalue weighted by Crippen LogP contribution is -2.03. The molecule has 0 fully saturated rings. The SMILES string of the molecule is COc1ccc(Cc2c(C)[nH]oc2=O)cc1. The van der Waals surface area contributed by atoms with Gasteiger partial charge < -0.3 is 9.26 Å². The van der Waals surface area contributed by atoms with Gasteiger partial charge in [0.25, 0.3) is 0 Å². The van der Waals surface area contributed by atoms with Gasteiger partial charge in [-0.1, -0.05) is 12.1 Å². The fourth-order valence-electron chi connectivity index (χ4n) is 1.55. The maximum Gasteiger partial charge on any atom is 0.360 e. The average Bonchev–Trinajstić information content (AvgIpc) is 2.62. The van der Waals surface area contributed by atoms with Crippen LogP contribution >= 0.6 is 0 Å². The number of nitrogens with one attached hydrogen (secondary N) is 1. The Balaban J connectivity index is 2.24. The molecular weight excluding hydrogens is 206 g/mol. The molecule has 1 N–H and O–H groups in total. The van der Waals surface area contributed by atoms with Crippen molar-refractivity contribution in [2.75, 3.05) is 7.11 Å². The van der Waals surface area contributed by atoms with Crippen LogP contribution in [0.5, 0.6) is 5.75 Å². The van der Waals surface area contributed by atoms with Gasteiger partial charge in [0.1, 0.15) is 5.75 Å². The molecule has 0 spiro atoms. The van der Waals surface area contributed by atoms with Gasteiger partial charge in [-0.15, -0.1) is 0 Å². The third-order valence-electron chi connectivity index (χ3n) is 2.54. The summed E-state index contributed by atoms with van der Waals surface area (Å²) < 4.78 is 9.77. The molecule has 2 rings (SSSR count). The highest BCUT2D eigenvalue weighted by molar-refractivity contribution is 5.31. The Labute approximate surface area is 92.8 Å². The molecule has 0 radical (unpaired) electrons. The predicted octanol–water partition coefficient (Wildman–Crippen LogP) is 1.88. The minimum Gasteiger partial charge on any atom is -0.497 e. The maximum absolute atomic E-state index is 11.3. The van der Waals surface area contributed by atoms with Gasteiger partial charge in [0, 0.05) is 6.42 Å². The number of aryl methyl sites for hydroxylation is 1. The van der Waals surface area contributed by atoms with E-state index in [0.717, 1.165) is 17.0 Å². The van der Waals surface area contributed by atoms with Crippen molar-refractivity contribution in [3.05, 3.63) is 51.5 Å². The van der Waals surface area contributed by atoms with Crippen molar-refractivity contribution in [3.63, 3.8) is 0 Å². The lowest BCUT2D eigenvalue weighted by atomic mass is 10.1. The molecule has 0 aliphatic carbocycles. The minimum atomic E-state index is -0.298. The highest BCUT2D eigenvalue weighted by Crippen LogP contribution is 2.14. The summed E-state index contributed by atoms with van der Waals surface area (Å²) in [7, 11) is 1.62. The number of aromatic amines is 1. The van der Waals surface area contributed by atoms with Gasteiger partial charge in [0.05, 0.1) is 18.4 Å². The normalized spacial score (nSPS) is 10.4. The fraction of sp³-hybridized carbons (Fsp3) is 0.250. The summed E-state index contributed by atoms with van der Waals surface area (Å²) in [4.78, 5) is 11.3. The first-order chi connectivity index (χ1) is 7.70. The molecule has 0 saturated carbocycles. The van der Waals surface area contributed by atoms with E-state index in [1.165, 1.54) is 0 Å². The highest BCUT2D eigenvalue weighted by atomic mass is 16.5. The fourth-order valence-corrected chi connectivity index (χ4v) is 1.55. The summed E-state index contributed by atoms with van der Waals surface area (Å²) in [5, 5.41) is 2.57. The van der Waals surface area contributed by atoms with Crippen molar-refractivity contribution >= 4 is 0 Å². The van der Waals surface area contributed by atoms with E-state index in [0.29, 0.717) is 12.0 Å². The van der Waals surface area contributed by atoms with Crippen LogP contribution in [0.15, 0.2) is 33.6 Å². The van der Waals surface area contributed by atoms with Crippen molar-refractivity contribution in [1.29, 1.82) is 0 Å². The van der Waals surface area contributed by atoms with Gasteiger partial charge in [-0.25, -0.2) is 9.95 Å². The van der Waals surface area contributed by atoms with Gasteiger partial charge in [-0.3, -0.25) is 0 Å². The molecule has 0 amide bonds. The molecule has 1 aromatic heterocycles. The largest absolute Gasteiger partial charge is 0.497 e. The van der Waals surface area contributed by atoms with Crippen LogP contribution in [0.1, 0.15) is 16.8 Å². The van der Waals surface area contributed by atoms with Crippen LogP contribution in [0.2, 0.25) is 0 Å². The van der Waals surface area contributed by atoms with Gasteiger partial charge in [-0.05, 0) is 24.6 Å². The quantitative estimate of drug-likeness (QED) is 0.857. The van der Waals surface area contributed by atoms with Crippen molar-refractivity contribution in [3.8, 4) is 5.75 Å². The lowest BCUT2D eigenvalue weighted by molar-refractivity contribution is 0.386. The Morgan fingerprint density at radius 2 is 2.00 bits per heavy atom. The zero-order chi connectivity index (χ0) is 11.5. The summed E-state index contributed by atoms with van der Waals surface area (Å²) in [6, 6.07) is 7.62. The number of ether oxygens (including phenoxy) is 1. The van der Waals surface area contributed by atoms with Gasteiger partial charge in [0.2, 0.25) is 0 Å². The Hall–Kier alpha value is -1.97. The number of methoxy groups -OCH3 is 1. The second-order valence-electron chi connectivity index (χ2n) is 3.62. The molecule has 4 nitrogen and oxygen atoms in total. The van der Waals surface area contributed by atoms with Crippen molar-refractivity contribution < 1.29 is 9.26 Å². The molecule has 4 heteroatoms. The number of hydrogen-bond donors (Lipinski definition) is 1. The summed E-state index contributed by atoms with van der Waals surface area (Å²) in [6.07, 6.45) is 0.571. The summed E-state index contributed by atoms with van der Waals surface area (Å²) in [5.41, 5.74) is 2.20. The molecule has 0 aliphatic heterocycles. The Morgan fingerprint density at radius 3 is 2.50 bits per heavy atom. The topological polar surface area (TPSA) is 55.2 Å². The summed E-state index contributed by atoms with van der Waals surface area (Å²) in [6.45, 7) is 1.82. The van der Waals surface area contributed by atoms with Crippen LogP contribution in [0.3, 0.4) is 0 Å². The Bertz CT molecular complexity index is 522. The van der Waals surface area contributed by atoms with E-state index in [4.69, 9.17) is 9.26 Å². The number of aromatic nitrogens is 1. The number of rotatable bonds is 3. The van der Waals surface area contributed by atoms with Crippen molar-refractivity contribution in [2.24, 2.45) is 0 Å². The van der Waals surface area contributed by atoms with Crippen LogP contribution < -0.4 is 10.4 Å². The number of H-pyrrole nitrogens is 1. The summed E-state index contributed by atoms with van der Waals surface area (Å²) >= 11 is 0. The van der Waals surface area contributed by atoms with E-state index in [1.54, 1.807) is 7.11 Å². The van der Waals surface area contributed by atoms with E-state index >= 15 is 0 Å². The molecule has 0 bridgehead atoms. The molecular formula is C12H13NO3. The van der Waals surface area contributed by atoms with Gasteiger partial charge in [-0.2, -0.15) is 0 Å². The smallest absolute Gasteiger partial charge is 0.360 e. The van der Waals surface area contributed by atoms with E-state index in [1.807, 2.05) is 31.2 Å². The predicted molar refractivity (Wildman–Crippen MR) is 59.9 cm³/mol. The van der Waals surface area contributed by atoms with E-state index in [2.05, 4.69) is 5.16 Å². The second-order valence-corrected chi connectivity index (χ2v) is 3.62. The first kappa shape index (κ1) is 10.5. The molecule has 16 heavy (non-hydrogen) atoms. The molecule has 2 aromatic rings. The number of benzene rings is 1. The highest BCUT2D eigenvalue weighted by Gasteiger charge is 2.08. The van der Waals surface area contributed by atoms with E-state index in [9.17, 15) is 4.79 Å². The molecule has 0 aliphatic rings. The zero-order valence-corrected chi connectivity index (χ0v) is 9.24.